The van der Waals surface area contributed by atoms with Crippen LogP contribution in [0.15, 0.2) is 35.2 Å². The highest BCUT2D eigenvalue weighted by molar-refractivity contribution is 7.89. The van der Waals surface area contributed by atoms with Gasteiger partial charge in [-0.05, 0) is 49.7 Å². The van der Waals surface area contributed by atoms with Crippen molar-refractivity contribution < 1.29 is 8.42 Å². The van der Waals surface area contributed by atoms with Gasteiger partial charge < -0.3 is 5.43 Å². The Morgan fingerprint density at radius 2 is 1.85 bits per heavy atom. The van der Waals surface area contributed by atoms with Crippen molar-refractivity contribution in [3.8, 4) is 0 Å². The fourth-order valence-corrected chi connectivity index (χ4v) is 3.81. The van der Waals surface area contributed by atoms with E-state index in [4.69, 9.17) is 5.84 Å². The highest BCUT2D eigenvalue weighted by Gasteiger charge is 2.14. The number of benzene rings is 1. The van der Waals surface area contributed by atoms with E-state index in [1.165, 1.54) is 22.6 Å². The first-order valence-corrected chi connectivity index (χ1v) is 8.34. The minimum absolute atomic E-state index is 0.224. The Kier molecular flexibility index (Phi) is 4.44. The molecule has 2 aromatic rings. The van der Waals surface area contributed by atoms with E-state index in [1.807, 2.05) is 19.9 Å². The highest BCUT2D eigenvalue weighted by Crippen LogP contribution is 2.21. The third-order valence-electron chi connectivity index (χ3n) is 2.98. The maximum atomic E-state index is 12.1. The molecule has 0 saturated heterocycles. The van der Waals surface area contributed by atoms with Gasteiger partial charge in [-0.2, -0.15) is 0 Å². The fourth-order valence-electron chi connectivity index (χ4n) is 1.72. The summed E-state index contributed by atoms with van der Waals surface area (Å²) in [6.45, 7) is 4.34. The normalized spacial score (nSPS) is 11.6. The SMILES string of the molecule is Cc1cc(CNS(=O)(=O)c2ccc(NN)cc2)sc1C. The fraction of sp³-hybridized carbons (Fsp3) is 0.231. The van der Waals surface area contributed by atoms with Crippen LogP contribution >= 0.6 is 11.3 Å². The monoisotopic (exact) mass is 311 g/mol. The average Bonchev–Trinajstić information content (AvgIpc) is 2.76. The lowest BCUT2D eigenvalue weighted by Gasteiger charge is -2.06. The van der Waals surface area contributed by atoms with Gasteiger partial charge in [0, 0.05) is 22.0 Å². The number of thiophene rings is 1. The summed E-state index contributed by atoms with van der Waals surface area (Å²) < 4.78 is 26.9. The maximum Gasteiger partial charge on any atom is 0.240 e. The summed E-state index contributed by atoms with van der Waals surface area (Å²) >= 11 is 1.60. The zero-order chi connectivity index (χ0) is 14.8. The molecule has 4 N–H and O–H groups in total. The third kappa shape index (κ3) is 3.37. The van der Waals surface area contributed by atoms with Crippen molar-refractivity contribution in [3.63, 3.8) is 0 Å². The minimum Gasteiger partial charge on any atom is -0.324 e. The molecule has 108 valence electrons. The van der Waals surface area contributed by atoms with E-state index in [-0.39, 0.29) is 4.90 Å². The van der Waals surface area contributed by atoms with Crippen molar-refractivity contribution >= 4 is 27.0 Å². The lowest BCUT2D eigenvalue weighted by Crippen LogP contribution is -2.22. The molecule has 0 aliphatic heterocycles. The molecule has 0 amide bonds. The number of nitrogens with one attached hydrogen (secondary N) is 2. The molecule has 0 fully saturated rings. The van der Waals surface area contributed by atoms with Gasteiger partial charge >= 0.3 is 0 Å². The molecule has 0 saturated carbocycles. The number of hydrazine groups is 1. The Bertz CT molecular complexity index is 671. The van der Waals surface area contributed by atoms with Gasteiger partial charge in [-0.1, -0.05) is 0 Å². The number of nitrogens with two attached hydrogens (primary N) is 1. The predicted molar refractivity (Wildman–Crippen MR) is 82.1 cm³/mol. The van der Waals surface area contributed by atoms with Gasteiger partial charge in [0.2, 0.25) is 10.0 Å². The van der Waals surface area contributed by atoms with Crippen molar-refractivity contribution in [1.29, 1.82) is 0 Å². The zero-order valence-corrected chi connectivity index (χ0v) is 12.9. The summed E-state index contributed by atoms with van der Waals surface area (Å²) in [4.78, 5) is 2.43. The number of hydrogen-bond donors (Lipinski definition) is 3. The summed E-state index contributed by atoms with van der Waals surface area (Å²) in [5.41, 5.74) is 4.30. The van der Waals surface area contributed by atoms with E-state index >= 15 is 0 Å². The van der Waals surface area contributed by atoms with Crippen LogP contribution in [0, 0.1) is 13.8 Å². The maximum absolute atomic E-state index is 12.1. The van der Waals surface area contributed by atoms with Gasteiger partial charge in [-0.3, -0.25) is 5.84 Å². The van der Waals surface area contributed by atoms with Crippen LogP contribution in [0.25, 0.3) is 0 Å². The number of sulfonamides is 1. The Labute approximate surface area is 122 Å². The van der Waals surface area contributed by atoms with Crippen molar-refractivity contribution in [2.24, 2.45) is 5.84 Å². The average molecular weight is 311 g/mol. The van der Waals surface area contributed by atoms with Crippen LogP contribution in [0.5, 0.6) is 0 Å². The molecule has 5 nitrogen and oxygen atoms in total. The number of anilines is 1. The van der Waals surface area contributed by atoms with E-state index < -0.39 is 10.0 Å². The summed E-state index contributed by atoms with van der Waals surface area (Å²) in [6, 6.07) is 8.27. The summed E-state index contributed by atoms with van der Waals surface area (Å²) in [7, 11) is -3.50. The van der Waals surface area contributed by atoms with E-state index in [0.717, 1.165) is 4.88 Å². The smallest absolute Gasteiger partial charge is 0.240 e. The first kappa shape index (κ1) is 15.0. The second-order valence-corrected chi connectivity index (χ2v) is 7.55. The van der Waals surface area contributed by atoms with Crippen LogP contribution in [0.2, 0.25) is 0 Å². The van der Waals surface area contributed by atoms with Gasteiger partial charge in [0.1, 0.15) is 0 Å². The molecule has 0 atom stereocenters. The largest absolute Gasteiger partial charge is 0.324 e. The van der Waals surface area contributed by atoms with Crippen molar-refractivity contribution in [1.82, 2.24) is 4.72 Å². The minimum atomic E-state index is -3.50. The third-order valence-corrected chi connectivity index (χ3v) is 5.55. The molecule has 7 heteroatoms. The first-order chi connectivity index (χ1) is 9.42. The first-order valence-electron chi connectivity index (χ1n) is 6.04. The van der Waals surface area contributed by atoms with E-state index in [2.05, 4.69) is 10.1 Å². The predicted octanol–water partition coefficient (Wildman–Crippen LogP) is 2.13. The van der Waals surface area contributed by atoms with Gasteiger partial charge in [0.25, 0.3) is 0 Å². The summed E-state index contributed by atoms with van der Waals surface area (Å²) in [5.74, 6) is 5.25. The lowest BCUT2D eigenvalue weighted by atomic mass is 10.3. The van der Waals surface area contributed by atoms with Crippen molar-refractivity contribution in [2.45, 2.75) is 25.3 Å². The van der Waals surface area contributed by atoms with E-state index in [1.54, 1.807) is 23.5 Å². The molecule has 0 bridgehead atoms. The van der Waals surface area contributed by atoms with Gasteiger partial charge in [0.15, 0.2) is 0 Å². The Morgan fingerprint density at radius 3 is 2.35 bits per heavy atom. The Morgan fingerprint density at radius 1 is 1.20 bits per heavy atom. The van der Waals surface area contributed by atoms with Crippen LogP contribution in [0.4, 0.5) is 5.69 Å². The van der Waals surface area contributed by atoms with Crippen LogP contribution in [0.1, 0.15) is 15.3 Å². The zero-order valence-electron chi connectivity index (χ0n) is 11.3. The van der Waals surface area contributed by atoms with E-state index in [9.17, 15) is 8.42 Å². The summed E-state index contributed by atoms with van der Waals surface area (Å²) in [6.07, 6.45) is 0. The lowest BCUT2D eigenvalue weighted by molar-refractivity contribution is 0.582. The van der Waals surface area contributed by atoms with Gasteiger partial charge in [-0.15, -0.1) is 11.3 Å². The molecule has 0 spiro atoms. The molecule has 1 heterocycles. The quantitative estimate of drug-likeness (QED) is 0.583. The number of nitrogen functional groups attached to an aromatic ring is 1. The molecule has 20 heavy (non-hydrogen) atoms. The van der Waals surface area contributed by atoms with Gasteiger partial charge in [-0.25, -0.2) is 13.1 Å². The van der Waals surface area contributed by atoms with Crippen molar-refractivity contribution in [3.05, 3.63) is 45.6 Å². The Hall–Kier alpha value is -1.41. The van der Waals surface area contributed by atoms with E-state index in [0.29, 0.717) is 12.2 Å². The molecule has 0 aliphatic rings. The molecular formula is C13H17N3O2S2. The van der Waals surface area contributed by atoms with Crippen molar-refractivity contribution in [2.75, 3.05) is 5.43 Å². The molecule has 0 unspecified atom stereocenters. The Balaban J connectivity index is 2.10. The standard InChI is InChI=1S/C13H17N3O2S2/c1-9-7-12(19-10(9)2)8-15-20(17,18)13-5-3-11(16-14)4-6-13/h3-7,15-16H,8,14H2,1-2H3. The molecule has 0 radical (unpaired) electrons. The number of rotatable bonds is 5. The van der Waals surface area contributed by atoms with Gasteiger partial charge in [0.05, 0.1) is 4.90 Å². The molecule has 1 aromatic heterocycles. The highest BCUT2D eigenvalue weighted by atomic mass is 32.2. The van der Waals surface area contributed by atoms with Crippen LogP contribution in [-0.2, 0) is 16.6 Å². The second kappa shape index (κ2) is 5.92. The van der Waals surface area contributed by atoms with Crippen LogP contribution in [0.3, 0.4) is 0 Å². The van der Waals surface area contributed by atoms with Crippen LogP contribution in [-0.4, -0.2) is 8.42 Å². The summed E-state index contributed by atoms with van der Waals surface area (Å²) in [5, 5.41) is 0. The topological polar surface area (TPSA) is 84.2 Å². The second-order valence-electron chi connectivity index (χ2n) is 4.45. The molecule has 1 aromatic carbocycles. The molecule has 0 aliphatic carbocycles. The number of aryl methyl sites for hydroxylation is 2. The molecule has 2 rings (SSSR count). The van der Waals surface area contributed by atoms with Crippen LogP contribution < -0.4 is 16.0 Å². The number of hydrogen-bond acceptors (Lipinski definition) is 5. The molecular weight excluding hydrogens is 294 g/mol.